The van der Waals surface area contributed by atoms with E-state index in [1.54, 1.807) is 13.0 Å². The van der Waals surface area contributed by atoms with Crippen LogP contribution in [0.5, 0.6) is 0 Å². The average molecular weight is 756 g/mol. The number of aliphatic hydroxyl groups excluding tert-OH is 3. The average Bonchev–Trinajstić information content (AvgIpc) is 3.15. The van der Waals surface area contributed by atoms with E-state index in [2.05, 4.69) is 29.4 Å². The van der Waals surface area contributed by atoms with Crippen molar-refractivity contribution in [1.29, 1.82) is 0 Å². The number of aliphatic hydroxyl groups is 3. The Bertz CT molecular complexity index is 1440. The van der Waals surface area contributed by atoms with Crippen molar-refractivity contribution in [1.82, 2.24) is 5.32 Å². The predicted molar refractivity (Wildman–Crippen MR) is 201 cm³/mol. The first-order chi connectivity index (χ1) is 25.9. The van der Waals surface area contributed by atoms with Crippen molar-refractivity contribution in [2.75, 3.05) is 19.7 Å². The van der Waals surface area contributed by atoms with Crippen molar-refractivity contribution >= 4 is 11.8 Å². The van der Waals surface area contributed by atoms with Gasteiger partial charge < -0.3 is 45.9 Å². The molecule has 0 aromatic carbocycles. The van der Waals surface area contributed by atoms with Crippen LogP contribution in [0.4, 0.5) is 0 Å². The van der Waals surface area contributed by atoms with Crippen LogP contribution in [0.1, 0.15) is 97.8 Å². The molecule has 0 amide bonds. The fourth-order valence-corrected chi connectivity index (χ4v) is 11.9. The molecule has 12 heteroatoms. The summed E-state index contributed by atoms with van der Waals surface area (Å²) in [5, 5.41) is 39.5. The highest BCUT2D eigenvalue weighted by Gasteiger charge is 2.65. The molecule has 13 unspecified atom stereocenters. The van der Waals surface area contributed by atoms with Gasteiger partial charge >= 0.3 is 5.97 Å². The number of rotatable bonds is 7. The number of hydrogen-bond acceptors (Lipinski definition) is 11. The van der Waals surface area contributed by atoms with Gasteiger partial charge in [-0.3, -0.25) is 10.5 Å². The lowest BCUT2D eigenvalue weighted by atomic mass is 9.53. The monoisotopic (exact) mass is 755 g/mol. The van der Waals surface area contributed by atoms with Crippen molar-refractivity contribution in [3.05, 3.63) is 11.6 Å². The van der Waals surface area contributed by atoms with Crippen LogP contribution in [0.15, 0.2) is 11.6 Å². The number of Topliss-reactive ketones (excluding diaryl/α,β-unsaturated/α-hetero) is 1. The number of nitrogens with one attached hydrogen (secondary N) is 1. The van der Waals surface area contributed by atoms with Gasteiger partial charge in [-0.05, 0) is 96.4 Å². The van der Waals surface area contributed by atoms with Crippen LogP contribution in [0.25, 0.3) is 0 Å². The minimum absolute atomic E-state index is 0.0292. The number of esters is 1. The highest BCUT2D eigenvalue weighted by molar-refractivity contribution is 5.87. The van der Waals surface area contributed by atoms with Crippen LogP contribution in [0, 0.1) is 65.1 Å². The van der Waals surface area contributed by atoms with E-state index in [4.69, 9.17) is 25.7 Å². The van der Waals surface area contributed by atoms with Crippen LogP contribution in [0.3, 0.4) is 0 Å². The molecule has 0 aromatic rings. The minimum Gasteiger partial charge on any atom is -0.456 e. The molecule has 54 heavy (non-hydrogen) atoms. The topological polar surface area (TPSA) is 203 Å². The molecule has 4 saturated heterocycles. The number of allylic oxidation sites excluding steroid dienone is 1. The van der Waals surface area contributed by atoms with Crippen molar-refractivity contribution < 1.29 is 44.4 Å². The minimum atomic E-state index is -1.08. The first kappa shape index (κ1) is 40.3. The van der Waals surface area contributed by atoms with E-state index in [1.165, 1.54) is 0 Å². The summed E-state index contributed by atoms with van der Waals surface area (Å²) < 4.78 is 20.9. The van der Waals surface area contributed by atoms with Gasteiger partial charge in [-0.1, -0.05) is 18.4 Å². The number of quaternary nitrogens is 1. The Kier molecular flexibility index (Phi) is 12.6. The van der Waals surface area contributed by atoms with Crippen LogP contribution in [0.2, 0.25) is 0 Å². The molecule has 0 aromatic heterocycles. The molecule has 5 heterocycles. The lowest BCUT2D eigenvalue weighted by Crippen LogP contribution is -2.95. The molecule has 18 atom stereocenters. The van der Waals surface area contributed by atoms with Gasteiger partial charge in [0.05, 0.1) is 55.8 Å². The zero-order valence-electron chi connectivity index (χ0n) is 32.6. The molecule has 6 fully saturated rings. The van der Waals surface area contributed by atoms with E-state index in [1.807, 2.05) is 6.92 Å². The Morgan fingerprint density at radius 3 is 2.61 bits per heavy atom. The number of ketones is 1. The second kappa shape index (κ2) is 16.9. The Balaban J connectivity index is 1.40. The Labute approximate surface area is 321 Å². The fraction of sp³-hybridized carbons (Fsp3) is 0.857. The largest absolute Gasteiger partial charge is 0.456 e. The molecule has 12 nitrogen and oxygen atoms in total. The zero-order valence-corrected chi connectivity index (χ0v) is 32.6. The molecule has 302 valence electrons. The maximum Gasteiger partial charge on any atom is 0.333 e. The number of piperidine rings is 2. The Morgan fingerprint density at radius 2 is 1.91 bits per heavy atom. The molecule has 0 radical (unpaired) electrons. The number of carbonyl (C=O) groups is 2. The third-order valence-electron chi connectivity index (χ3n) is 15.0. The Hall–Kier alpha value is -1.92. The van der Waals surface area contributed by atoms with Gasteiger partial charge in [0.15, 0.2) is 0 Å². The number of ether oxygens (including phenoxy) is 3. The lowest BCUT2D eigenvalue weighted by Gasteiger charge is -2.62. The van der Waals surface area contributed by atoms with E-state index in [0.29, 0.717) is 37.2 Å². The highest BCUT2D eigenvalue weighted by atomic mass is 16.6. The van der Waals surface area contributed by atoms with Gasteiger partial charge in [-0.25, -0.2) is 4.79 Å². The van der Waals surface area contributed by atoms with Crippen LogP contribution >= 0.6 is 0 Å². The van der Waals surface area contributed by atoms with E-state index in [9.17, 15) is 24.9 Å². The number of carbonyl (C=O) groups excluding carboxylic acids is 2. The van der Waals surface area contributed by atoms with Gasteiger partial charge in [0.1, 0.15) is 23.7 Å². The summed E-state index contributed by atoms with van der Waals surface area (Å²) in [5.41, 5.74) is 12.5. The van der Waals surface area contributed by atoms with Crippen molar-refractivity contribution in [2.24, 2.45) is 64.7 Å². The van der Waals surface area contributed by atoms with Crippen molar-refractivity contribution in [3.8, 4) is 11.8 Å². The summed E-state index contributed by atoms with van der Waals surface area (Å²) in [7, 11) is 0. The molecule has 5 aliphatic heterocycles. The number of nitrogens with two attached hydrogens (primary N) is 3. The second-order valence-corrected chi connectivity index (χ2v) is 18.3. The summed E-state index contributed by atoms with van der Waals surface area (Å²) in [4.78, 5) is 27.8. The number of hydrogen-bond donors (Lipinski definition) is 7. The van der Waals surface area contributed by atoms with Crippen molar-refractivity contribution in [2.45, 2.75) is 152 Å². The molecule has 2 aliphatic carbocycles. The van der Waals surface area contributed by atoms with Gasteiger partial charge in [-0.15, -0.1) is 5.92 Å². The molecular weight excluding hydrogens is 688 g/mol. The molecule has 10 N–H and O–H groups in total. The maximum atomic E-state index is 14.2. The lowest BCUT2D eigenvalue weighted by molar-refractivity contribution is -0.703. The predicted octanol–water partition coefficient (Wildman–Crippen LogP) is 1.09. The summed E-state index contributed by atoms with van der Waals surface area (Å²) in [5.74, 6) is 5.70. The quantitative estimate of drug-likeness (QED) is 0.111. The van der Waals surface area contributed by atoms with Gasteiger partial charge in [-0.2, -0.15) is 0 Å². The first-order valence-electron chi connectivity index (χ1n) is 21.1. The van der Waals surface area contributed by atoms with Crippen LogP contribution < -0.4 is 22.1 Å². The third-order valence-corrected chi connectivity index (χ3v) is 15.0. The summed E-state index contributed by atoms with van der Waals surface area (Å²) >= 11 is 0. The van der Waals surface area contributed by atoms with Crippen molar-refractivity contribution in [3.63, 3.8) is 0 Å². The summed E-state index contributed by atoms with van der Waals surface area (Å²) in [6, 6.07) is 0. The molecule has 0 spiro atoms. The van der Waals surface area contributed by atoms with Crippen LogP contribution in [-0.2, 0) is 23.8 Å². The van der Waals surface area contributed by atoms with Gasteiger partial charge in [0, 0.05) is 54.4 Å². The highest BCUT2D eigenvalue weighted by Crippen LogP contribution is 2.57. The Morgan fingerprint density at radius 1 is 1.09 bits per heavy atom. The summed E-state index contributed by atoms with van der Waals surface area (Å²) in [6.45, 7) is 7.00. The van der Waals surface area contributed by atoms with Gasteiger partial charge in [0.25, 0.3) is 0 Å². The first-order valence-corrected chi connectivity index (χ1v) is 21.1. The summed E-state index contributed by atoms with van der Waals surface area (Å²) in [6.07, 6.45) is 6.11. The van der Waals surface area contributed by atoms with E-state index in [0.717, 1.165) is 58.0 Å². The molecule has 7 rings (SSSR count). The molecule has 2 bridgehead atoms. The van der Waals surface area contributed by atoms with E-state index in [-0.39, 0.29) is 66.6 Å². The fourth-order valence-electron chi connectivity index (χ4n) is 11.9. The van der Waals surface area contributed by atoms with Gasteiger partial charge in [0.2, 0.25) is 0 Å². The third kappa shape index (κ3) is 7.96. The normalized spacial score (nSPS) is 48.5. The SMILES string of the molecule is CC=C(C)C(=O)O[C@H]1CC2C(O)C3C(=O)CC(CO)OC3C3C2O[C@@]1(C)[C@H](CC1CCC(N)[NH2+]C1)CC#C[C@H](C1CCCC(O)C1)[C@@H]3C1CCNC(N)C1. The second-order valence-electron chi connectivity index (χ2n) is 18.3. The smallest absolute Gasteiger partial charge is 0.333 e. The zero-order chi connectivity index (χ0) is 38.3. The maximum absolute atomic E-state index is 14.2. The number of fused-ring (bicyclic) bond motifs is 3. The standard InChI is InChI=1S/C42H66N4O8/c1-4-22(2)41(51)53-32-19-30-38(50)36-31(49)18-28(21-47)52-40(36)37-35(25-13-14-45-34(44)17-25)29(24-7-5-9-27(48)16-24)10-6-8-26(42(32,3)54-39(30)37)15-23-11-12-33(43)46-20-23/h4,23-30,32-40,45-48,50H,5,7-9,11-21,43-44H2,1-3H3/p+1/t23?,24?,25?,26-,27?,28?,29+,30?,32-,33?,34?,35-,36?,37?,38?,39?,40?,42-/m0/s1. The van der Waals surface area contributed by atoms with Crippen LogP contribution in [-0.4, -0.2) is 101 Å². The molecular formula is C42H67N4O8+. The van der Waals surface area contributed by atoms with E-state index < -0.39 is 60.0 Å². The molecule has 2 saturated carbocycles. The van der Waals surface area contributed by atoms with E-state index >= 15 is 0 Å². The molecule has 7 aliphatic rings.